The molecule has 1 aromatic carbocycles. The molecule has 0 saturated carbocycles. The molecule has 1 aromatic heterocycles. The van der Waals surface area contributed by atoms with Crippen LogP contribution in [0.3, 0.4) is 0 Å². The van der Waals surface area contributed by atoms with Crippen molar-refractivity contribution in [2.45, 2.75) is 31.6 Å². The topological polar surface area (TPSA) is 42.0 Å². The highest BCUT2D eigenvalue weighted by Gasteiger charge is 2.03. The predicted octanol–water partition coefficient (Wildman–Crippen LogP) is 3.54. The molecule has 0 aliphatic rings. The summed E-state index contributed by atoms with van der Waals surface area (Å²) in [6.07, 6.45) is 3.09. The van der Waals surface area contributed by atoms with Gasteiger partial charge >= 0.3 is 0 Å². The molecule has 3 nitrogen and oxygen atoms in total. The number of thioether (sulfide) groups is 1. The Balaban J connectivity index is 1.64. The number of amides is 1. The number of hydrogen-bond acceptors (Lipinski definition) is 3. The van der Waals surface area contributed by atoms with E-state index < -0.39 is 0 Å². The average Bonchev–Trinajstić information content (AvgIpc) is 2.52. The van der Waals surface area contributed by atoms with Gasteiger partial charge in [-0.1, -0.05) is 12.1 Å². The minimum atomic E-state index is 0.104. The Morgan fingerprint density at radius 3 is 2.77 bits per heavy atom. The zero-order chi connectivity index (χ0) is 15.8. The second-order valence-corrected chi connectivity index (χ2v) is 6.43. The highest BCUT2D eigenvalue weighted by molar-refractivity contribution is 7.99. The summed E-state index contributed by atoms with van der Waals surface area (Å²) in [4.78, 5) is 17.3. The van der Waals surface area contributed by atoms with Gasteiger partial charge in [-0.2, -0.15) is 0 Å². The standard InChI is InChI=1S/C18H22N2OS/c1-14-6-7-17(13-15(14)2)22-12-9-18(21)20-11-8-16-5-3-4-10-19-16/h3-7,10,13H,8-9,11-12H2,1-2H3,(H,20,21). The van der Waals surface area contributed by atoms with E-state index in [1.165, 1.54) is 16.0 Å². The fourth-order valence-electron chi connectivity index (χ4n) is 2.03. The molecule has 0 radical (unpaired) electrons. The summed E-state index contributed by atoms with van der Waals surface area (Å²) in [6.45, 7) is 4.87. The van der Waals surface area contributed by atoms with Gasteiger partial charge in [0, 0.05) is 41.9 Å². The molecule has 0 unspecified atom stereocenters. The summed E-state index contributed by atoms with van der Waals surface area (Å²) >= 11 is 1.73. The van der Waals surface area contributed by atoms with Crippen molar-refractivity contribution in [1.82, 2.24) is 10.3 Å². The number of aryl methyl sites for hydroxylation is 2. The van der Waals surface area contributed by atoms with Gasteiger partial charge in [-0.05, 0) is 49.2 Å². The molecule has 0 fully saturated rings. The molecule has 0 aliphatic heterocycles. The summed E-state index contributed by atoms with van der Waals surface area (Å²) < 4.78 is 0. The molecule has 22 heavy (non-hydrogen) atoms. The van der Waals surface area contributed by atoms with Crippen LogP contribution in [0.4, 0.5) is 0 Å². The largest absolute Gasteiger partial charge is 0.356 e. The van der Waals surface area contributed by atoms with E-state index in [1.807, 2.05) is 18.2 Å². The maximum Gasteiger partial charge on any atom is 0.220 e. The average molecular weight is 314 g/mol. The minimum Gasteiger partial charge on any atom is -0.356 e. The third-order valence-electron chi connectivity index (χ3n) is 3.51. The first-order valence-corrected chi connectivity index (χ1v) is 8.50. The van der Waals surface area contributed by atoms with Crippen LogP contribution in [0.1, 0.15) is 23.2 Å². The van der Waals surface area contributed by atoms with Gasteiger partial charge < -0.3 is 5.32 Å². The molecule has 1 N–H and O–H groups in total. The number of nitrogens with zero attached hydrogens (tertiary/aromatic N) is 1. The van der Waals surface area contributed by atoms with Crippen molar-refractivity contribution in [3.8, 4) is 0 Å². The zero-order valence-electron chi connectivity index (χ0n) is 13.1. The van der Waals surface area contributed by atoms with Crippen LogP contribution in [-0.2, 0) is 11.2 Å². The van der Waals surface area contributed by atoms with E-state index in [2.05, 4.69) is 42.3 Å². The molecule has 116 valence electrons. The van der Waals surface area contributed by atoms with Crippen molar-refractivity contribution >= 4 is 17.7 Å². The van der Waals surface area contributed by atoms with E-state index >= 15 is 0 Å². The zero-order valence-corrected chi connectivity index (χ0v) is 14.0. The highest BCUT2D eigenvalue weighted by atomic mass is 32.2. The number of pyridine rings is 1. The maximum atomic E-state index is 11.8. The lowest BCUT2D eigenvalue weighted by Gasteiger charge is -2.06. The Labute approximate surface area is 136 Å². The molecule has 2 rings (SSSR count). The van der Waals surface area contributed by atoms with Crippen molar-refractivity contribution in [2.75, 3.05) is 12.3 Å². The molecule has 1 amide bonds. The molecular formula is C18H22N2OS. The Morgan fingerprint density at radius 2 is 2.05 bits per heavy atom. The van der Waals surface area contributed by atoms with E-state index in [9.17, 15) is 4.79 Å². The predicted molar refractivity (Wildman–Crippen MR) is 92.2 cm³/mol. The first-order chi connectivity index (χ1) is 10.6. The van der Waals surface area contributed by atoms with Crippen LogP contribution in [0.15, 0.2) is 47.5 Å². The van der Waals surface area contributed by atoms with E-state index in [0.29, 0.717) is 13.0 Å². The highest BCUT2D eigenvalue weighted by Crippen LogP contribution is 2.21. The Kier molecular flexibility index (Phi) is 6.46. The number of carbonyl (C=O) groups is 1. The summed E-state index contributed by atoms with van der Waals surface area (Å²) in [7, 11) is 0. The first-order valence-electron chi connectivity index (χ1n) is 7.52. The van der Waals surface area contributed by atoms with Gasteiger partial charge in [0.2, 0.25) is 5.91 Å². The van der Waals surface area contributed by atoms with E-state index in [0.717, 1.165) is 17.9 Å². The van der Waals surface area contributed by atoms with Crippen molar-refractivity contribution in [3.05, 3.63) is 59.4 Å². The van der Waals surface area contributed by atoms with Gasteiger partial charge in [0.15, 0.2) is 0 Å². The van der Waals surface area contributed by atoms with Crippen molar-refractivity contribution < 1.29 is 4.79 Å². The number of rotatable bonds is 7. The Bertz CT molecular complexity index is 614. The maximum absolute atomic E-state index is 11.8. The molecule has 0 atom stereocenters. The Morgan fingerprint density at radius 1 is 1.18 bits per heavy atom. The van der Waals surface area contributed by atoms with Crippen LogP contribution in [-0.4, -0.2) is 23.2 Å². The molecule has 0 bridgehead atoms. The number of benzene rings is 1. The summed E-state index contributed by atoms with van der Waals surface area (Å²) in [5, 5.41) is 2.95. The molecule has 1 heterocycles. The van der Waals surface area contributed by atoms with E-state index in [1.54, 1.807) is 18.0 Å². The number of aromatic nitrogens is 1. The normalized spacial score (nSPS) is 10.5. The quantitative estimate of drug-likeness (QED) is 0.795. The van der Waals surface area contributed by atoms with Gasteiger partial charge in [0.05, 0.1) is 0 Å². The van der Waals surface area contributed by atoms with Crippen LogP contribution < -0.4 is 5.32 Å². The van der Waals surface area contributed by atoms with Crippen LogP contribution in [0.5, 0.6) is 0 Å². The van der Waals surface area contributed by atoms with Crippen LogP contribution in [0.25, 0.3) is 0 Å². The molecule has 0 saturated heterocycles. The van der Waals surface area contributed by atoms with Gasteiger partial charge in [0.25, 0.3) is 0 Å². The molecule has 0 aliphatic carbocycles. The summed E-state index contributed by atoms with van der Waals surface area (Å²) in [5.41, 5.74) is 3.61. The van der Waals surface area contributed by atoms with Crippen LogP contribution in [0, 0.1) is 13.8 Å². The third kappa shape index (κ3) is 5.53. The van der Waals surface area contributed by atoms with E-state index in [-0.39, 0.29) is 5.91 Å². The smallest absolute Gasteiger partial charge is 0.220 e. The van der Waals surface area contributed by atoms with Gasteiger partial charge in [-0.15, -0.1) is 11.8 Å². The lowest BCUT2D eigenvalue weighted by molar-refractivity contribution is -0.120. The minimum absolute atomic E-state index is 0.104. The molecular weight excluding hydrogens is 292 g/mol. The van der Waals surface area contributed by atoms with Crippen molar-refractivity contribution in [1.29, 1.82) is 0 Å². The van der Waals surface area contributed by atoms with E-state index in [4.69, 9.17) is 0 Å². The third-order valence-corrected chi connectivity index (χ3v) is 4.50. The molecule has 4 heteroatoms. The number of nitrogens with one attached hydrogen (secondary N) is 1. The second-order valence-electron chi connectivity index (χ2n) is 5.27. The SMILES string of the molecule is Cc1ccc(SCCC(=O)NCCc2ccccn2)cc1C. The monoisotopic (exact) mass is 314 g/mol. The van der Waals surface area contributed by atoms with Gasteiger partial charge in [-0.3, -0.25) is 9.78 Å². The molecule has 0 spiro atoms. The van der Waals surface area contributed by atoms with Gasteiger partial charge in [0.1, 0.15) is 0 Å². The lowest BCUT2D eigenvalue weighted by Crippen LogP contribution is -2.26. The molecule has 2 aromatic rings. The van der Waals surface area contributed by atoms with Crippen molar-refractivity contribution in [2.24, 2.45) is 0 Å². The second kappa shape index (κ2) is 8.59. The van der Waals surface area contributed by atoms with Crippen LogP contribution >= 0.6 is 11.8 Å². The summed E-state index contributed by atoms with van der Waals surface area (Å²) in [6, 6.07) is 12.3. The fraction of sp³-hybridized carbons (Fsp3) is 0.333. The number of carbonyl (C=O) groups excluding carboxylic acids is 1. The Hall–Kier alpha value is -1.81. The fourth-order valence-corrected chi connectivity index (χ4v) is 2.98. The number of hydrogen-bond donors (Lipinski definition) is 1. The summed E-state index contributed by atoms with van der Waals surface area (Å²) in [5.74, 6) is 0.907. The van der Waals surface area contributed by atoms with Crippen molar-refractivity contribution in [3.63, 3.8) is 0 Å². The van der Waals surface area contributed by atoms with Crippen LogP contribution in [0.2, 0.25) is 0 Å². The lowest BCUT2D eigenvalue weighted by atomic mass is 10.1. The van der Waals surface area contributed by atoms with Gasteiger partial charge in [-0.25, -0.2) is 0 Å². The first kappa shape index (κ1) is 16.6.